The third-order valence-electron chi connectivity index (χ3n) is 4.78. The SMILES string of the molecule is CC(C)c1ccc(CCNC(=O)COC(=O)CN=C2NS(=O)(=O)c3ccccc32)cc1. The average Bonchev–Trinajstić information content (AvgIpc) is 3.01. The van der Waals surface area contributed by atoms with Crippen LogP contribution in [-0.4, -0.2) is 45.8 Å². The largest absolute Gasteiger partial charge is 0.454 e. The summed E-state index contributed by atoms with van der Waals surface area (Å²) in [4.78, 5) is 27.8. The van der Waals surface area contributed by atoms with Gasteiger partial charge in [-0.2, -0.15) is 0 Å². The van der Waals surface area contributed by atoms with Crippen molar-refractivity contribution in [2.24, 2.45) is 4.99 Å². The topological polar surface area (TPSA) is 114 Å². The number of nitrogens with one attached hydrogen (secondary N) is 2. The Bertz CT molecular complexity index is 1090. The van der Waals surface area contributed by atoms with Crippen LogP contribution in [0.3, 0.4) is 0 Å². The number of amides is 1. The summed E-state index contributed by atoms with van der Waals surface area (Å²) in [6, 6.07) is 14.6. The molecule has 0 radical (unpaired) electrons. The second kappa shape index (κ2) is 9.74. The summed E-state index contributed by atoms with van der Waals surface area (Å²) >= 11 is 0. The van der Waals surface area contributed by atoms with E-state index in [0.29, 0.717) is 24.4 Å². The summed E-state index contributed by atoms with van der Waals surface area (Å²) in [7, 11) is -3.67. The summed E-state index contributed by atoms with van der Waals surface area (Å²) < 4.78 is 31.2. The molecule has 0 bridgehead atoms. The van der Waals surface area contributed by atoms with E-state index < -0.39 is 35.1 Å². The predicted molar refractivity (Wildman–Crippen MR) is 116 cm³/mol. The molecular weight excluding hydrogens is 418 g/mol. The molecule has 0 atom stereocenters. The number of sulfonamides is 1. The maximum Gasteiger partial charge on any atom is 0.328 e. The number of carbonyl (C=O) groups is 2. The van der Waals surface area contributed by atoms with E-state index in [1.54, 1.807) is 18.2 Å². The van der Waals surface area contributed by atoms with Crippen LogP contribution in [0.2, 0.25) is 0 Å². The van der Waals surface area contributed by atoms with Crippen LogP contribution < -0.4 is 10.0 Å². The molecule has 1 aliphatic rings. The highest BCUT2D eigenvalue weighted by atomic mass is 32.2. The van der Waals surface area contributed by atoms with Crippen molar-refractivity contribution in [3.63, 3.8) is 0 Å². The molecule has 0 fully saturated rings. The molecule has 0 aromatic heterocycles. The number of ether oxygens (including phenoxy) is 1. The molecule has 31 heavy (non-hydrogen) atoms. The minimum Gasteiger partial charge on any atom is -0.454 e. The van der Waals surface area contributed by atoms with E-state index in [0.717, 1.165) is 5.56 Å². The maximum absolute atomic E-state index is 12.0. The smallest absolute Gasteiger partial charge is 0.328 e. The van der Waals surface area contributed by atoms with Gasteiger partial charge in [-0.25, -0.2) is 8.42 Å². The van der Waals surface area contributed by atoms with Crippen molar-refractivity contribution in [2.45, 2.75) is 31.1 Å². The van der Waals surface area contributed by atoms with Gasteiger partial charge in [0.15, 0.2) is 6.61 Å². The lowest BCUT2D eigenvalue weighted by molar-refractivity contribution is -0.147. The number of nitrogens with zero attached hydrogens (tertiary/aromatic N) is 1. The Hall–Kier alpha value is -3.20. The normalized spacial score (nSPS) is 15.4. The van der Waals surface area contributed by atoms with Crippen LogP contribution in [0.15, 0.2) is 58.4 Å². The van der Waals surface area contributed by atoms with Gasteiger partial charge < -0.3 is 10.1 Å². The van der Waals surface area contributed by atoms with Crippen molar-refractivity contribution in [1.29, 1.82) is 0 Å². The molecule has 1 heterocycles. The van der Waals surface area contributed by atoms with Crippen LogP contribution in [0.4, 0.5) is 0 Å². The van der Waals surface area contributed by atoms with Crippen LogP contribution in [0.1, 0.15) is 36.5 Å². The summed E-state index contributed by atoms with van der Waals surface area (Å²) in [6.07, 6.45) is 0.672. The minimum atomic E-state index is -3.67. The molecule has 0 unspecified atom stereocenters. The van der Waals surface area contributed by atoms with E-state index in [4.69, 9.17) is 4.74 Å². The Morgan fingerprint density at radius 2 is 1.81 bits per heavy atom. The summed E-state index contributed by atoms with van der Waals surface area (Å²) in [6.45, 7) is 3.87. The molecule has 8 nitrogen and oxygen atoms in total. The Morgan fingerprint density at radius 1 is 1.10 bits per heavy atom. The second-order valence-electron chi connectivity index (χ2n) is 7.42. The van der Waals surface area contributed by atoms with Gasteiger partial charge in [-0.3, -0.25) is 19.3 Å². The lowest BCUT2D eigenvalue weighted by atomic mass is 10.0. The Kier molecular flexibility index (Phi) is 7.06. The highest BCUT2D eigenvalue weighted by Crippen LogP contribution is 2.22. The van der Waals surface area contributed by atoms with E-state index in [1.165, 1.54) is 11.6 Å². The third kappa shape index (κ3) is 5.91. The van der Waals surface area contributed by atoms with E-state index in [9.17, 15) is 18.0 Å². The molecule has 0 spiro atoms. The van der Waals surface area contributed by atoms with Gasteiger partial charge in [-0.15, -0.1) is 0 Å². The van der Waals surface area contributed by atoms with Crippen LogP contribution in [0.5, 0.6) is 0 Å². The van der Waals surface area contributed by atoms with Crippen molar-refractivity contribution in [2.75, 3.05) is 19.7 Å². The Balaban J connectivity index is 1.41. The third-order valence-corrected chi connectivity index (χ3v) is 6.17. The highest BCUT2D eigenvalue weighted by Gasteiger charge is 2.30. The van der Waals surface area contributed by atoms with Gasteiger partial charge in [-0.1, -0.05) is 50.2 Å². The zero-order valence-electron chi connectivity index (χ0n) is 17.4. The van der Waals surface area contributed by atoms with Gasteiger partial charge in [-0.05, 0) is 35.6 Å². The number of rotatable bonds is 8. The number of aliphatic imine (C=N–C) groups is 1. The molecule has 0 saturated heterocycles. The van der Waals surface area contributed by atoms with E-state index in [-0.39, 0.29) is 10.7 Å². The molecule has 0 saturated carbocycles. The molecule has 3 rings (SSSR count). The van der Waals surface area contributed by atoms with Crippen molar-refractivity contribution in [3.05, 3.63) is 65.2 Å². The molecule has 2 aromatic carbocycles. The number of benzene rings is 2. The van der Waals surface area contributed by atoms with Crippen molar-refractivity contribution < 1.29 is 22.7 Å². The summed E-state index contributed by atoms with van der Waals surface area (Å²) in [5, 5.41) is 2.70. The van der Waals surface area contributed by atoms with Gasteiger partial charge >= 0.3 is 5.97 Å². The van der Waals surface area contributed by atoms with Gasteiger partial charge in [0.1, 0.15) is 12.4 Å². The lowest BCUT2D eigenvalue weighted by Crippen LogP contribution is -2.31. The number of fused-ring (bicyclic) bond motifs is 1. The molecule has 1 amide bonds. The number of hydrogen-bond acceptors (Lipinski definition) is 6. The molecular formula is C22H25N3O5S. The second-order valence-corrected chi connectivity index (χ2v) is 9.07. The zero-order chi connectivity index (χ0) is 22.4. The zero-order valence-corrected chi connectivity index (χ0v) is 18.2. The first-order valence-electron chi connectivity index (χ1n) is 9.94. The van der Waals surface area contributed by atoms with E-state index in [2.05, 4.69) is 41.0 Å². The lowest BCUT2D eigenvalue weighted by Gasteiger charge is -2.08. The van der Waals surface area contributed by atoms with Gasteiger partial charge in [0.2, 0.25) is 0 Å². The molecule has 9 heteroatoms. The van der Waals surface area contributed by atoms with Crippen LogP contribution in [0, 0.1) is 0 Å². The maximum atomic E-state index is 12.0. The molecule has 0 aliphatic carbocycles. The van der Waals surface area contributed by atoms with Gasteiger partial charge in [0.25, 0.3) is 15.9 Å². The molecule has 2 aromatic rings. The Morgan fingerprint density at radius 3 is 2.52 bits per heavy atom. The quantitative estimate of drug-likeness (QED) is 0.604. The molecule has 164 valence electrons. The summed E-state index contributed by atoms with van der Waals surface area (Å²) in [5.41, 5.74) is 2.77. The van der Waals surface area contributed by atoms with Gasteiger partial charge in [0.05, 0.1) is 4.90 Å². The van der Waals surface area contributed by atoms with E-state index >= 15 is 0 Å². The Labute approximate surface area is 181 Å². The standard InChI is InChI=1S/C22H25N3O5S/c1-15(2)17-9-7-16(8-10-17)11-12-23-20(26)14-30-21(27)13-24-22-18-5-3-4-6-19(18)31(28,29)25-22/h3-10,15H,11-14H2,1-2H3,(H,23,26)(H,24,25). The first-order valence-corrected chi connectivity index (χ1v) is 11.4. The fourth-order valence-corrected chi connectivity index (χ4v) is 4.30. The number of esters is 1. The fourth-order valence-electron chi connectivity index (χ4n) is 3.05. The van der Waals surface area contributed by atoms with Crippen LogP contribution >= 0.6 is 0 Å². The first-order chi connectivity index (χ1) is 14.8. The van der Waals surface area contributed by atoms with Gasteiger partial charge in [0, 0.05) is 12.1 Å². The average molecular weight is 444 g/mol. The number of hydrogen-bond donors (Lipinski definition) is 2. The van der Waals surface area contributed by atoms with Crippen molar-refractivity contribution in [1.82, 2.24) is 10.0 Å². The molecule has 1 aliphatic heterocycles. The minimum absolute atomic E-state index is 0.0838. The van der Waals surface area contributed by atoms with Crippen LogP contribution in [-0.2, 0) is 30.8 Å². The monoisotopic (exact) mass is 443 g/mol. The number of amidine groups is 1. The fraction of sp³-hybridized carbons (Fsp3) is 0.318. The predicted octanol–water partition coefficient (Wildman–Crippen LogP) is 1.75. The van der Waals surface area contributed by atoms with Crippen molar-refractivity contribution >= 4 is 27.7 Å². The van der Waals surface area contributed by atoms with Crippen LogP contribution in [0.25, 0.3) is 0 Å². The van der Waals surface area contributed by atoms with Crippen molar-refractivity contribution in [3.8, 4) is 0 Å². The highest BCUT2D eigenvalue weighted by molar-refractivity contribution is 7.90. The van der Waals surface area contributed by atoms with E-state index in [1.807, 2.05) is 12.1 Å². The number of carbonyl (C=O) groups excluding carboxylic acids is 2. The molecule has 2 N–H and O–H groups in total. The first kappa shape index (κ1) is 22.5. The summed E-state index contributed by atoms with van der Waals surface area (Å²) in [5.74, 6) is -0.583.